The molecule has 182 valence electrons. The fourth-order valence-corrected chi connectivity index (χ4v) is 4.48. The van der Waals surface area contributed by atoms with Gasteiger partial charge in [-0.25, -0.2) is 0 Å². The summed E-state index contributed by atoms with van der Waals surface area (Å²) in [5.41, 5.74) is 1.38. The molecule has 0 saturated carbocycles. The highest BCUT2D eigenvalue weighted by Gasteiger charge is 2.30. The van der Waals surface area contributed by atoms with Crippen LogP contribution in [0.25, 0.3) is 0 Å². The largest absolute Gasteiger partial charge is 0.353 e. The van der Waals surface area contributed by atoms with Crippen LogP contribution in [-0.2, 0) is 0 Å². The maximum absolute atomic E-state index is 5.71. The summed E-state index contributed by atoms with van der Waals surface area (Å²) in [6, 6.07) is 7.63. The number of hydrogen-bond acceptors (Lipinski definition) is 9. The average Bonchev–Trinajstić information content (AvgIpc) is 2.81. The Bertz CT molecular complexity index is 727. The molecule has 11 heteroatoms. The molecule has 3 aliphatic heterocycles. The van der Waals surface area contributed by atoms with Crippen molar-refractivity contribution in [2.24, 2.45) is 10.9 Å². The van der Waals surface area contributed by atoms with Gasteiger partial charge in [0.05, 0.1) is 16.4 Å². The summed E-state index contributed by atoms with van der Waals surface area (Å²) in [5, 5.41) is 31.6. The maximum Gasteiger partial charge on any atom is 0.171 e. The number of fused-ring (bicyclic) bond motifs is 15. The van der Waals surface area contributed by atoms with Crippen LogP contribution >= 0.6 is 24.4 Å². The first kappa shape index (κ1) is 26.1. The molecule has 0 amide bonds. The van der Waals surface area contributed by atoms with Crippen LogP contribution in [0.3, 0.4) is 0 Å². The lowest BCUT2D eigenvalue weighted by Crippen LogP contribution is -2.66. The molecule has 1 aromatic carbocycles. The van der Waals surface area contributed by atoms with Crippen molar-refractivity contribution >= 4 is 46.1 Å². The summed E-state index contributed by atoms with van der Waals surface area (Å²) in [5.74, 6) is 0.579. The third-order valence-electron chi connectivity index (χ3n) is 5.80. The van der Waals surface area contributed by atoms with Crippen molar-refractivity contribution in [3.05, 3.63) is 24.3 Å². The second kappa shape index (κ2) is 14.7. The molecule has 2 bridgehead atoms. The Balaban J connectivity index is 1.69. The highest BCUT2D eigenvalue weighted by molar-refractivity contribution is 7.80. The summed E-state index contributed by atoms with van der Waals surface area (Å²) >= 11 is 10.4. The molecule has 3 heterocycles. The van der Waals surface area contributed by atoms with Gasteiger partial charge in [-0.3, -0.25) is 0 Å². The van der Waals surface area contributed by atoms with Gasteiger partial charge in [0.15, 0.2) is 5.11 Å². The third-order valence-corrected chi connectivity index (χ3v) is 6.10. The minimum atomic E-state index is -0.289. The lowest BCUT2D eigenvalue weighted by Gasteiger charge is -2.37. The van der Waals surface area contributed by atoms with Crippen molar-refractivity contribution in [2.75, 3.05) is 83.9 Å². The van der Waals surface area contributed by atoms with Gasteiger partial charge in [0.25, 0.3) is 0 Å². The average molecular weight is 492 g/mol. The molecule has 33 heavy (non-hydrogen) atoms. The van der Waals surface area contributed by atoms with E-state index in [1.807, 2.05) is 24.3 Å². The predicted octanol–water partition coefficient (Wildman–Crippen LogP) is -0.373. The molecular weight excluding hydrogens is 454 g/mol. The zero-order valence-electron chi connectivity index (χ0n) is 19.1. The number of thiocarbonyl (C=S) groups is 2. The van der Waals surface area contributed by atoms with Crippen LogP contribution < -0.4 is 42.5 Å². The highest BCUT2D eigenvalue weighted by atomic mass is 32.1. The molecule has 0 aliphatic carbocycles. The molecule has 3 saturated heterocycles. The molecule has 0 aromatic heterocycles. The van der Waals surface area contributed by atoms with E-state index in [2.05, 4.69) is 64.9 Å². The number of aliphatic imine (C=N–C) groups is 1. The Kier molecular flexibility index (Phi) is 11.6. The van der Waals surface area contributed by atoms with Crippen molar-refractivity contribution in [1.82, 2.24) is 37.2 Å². The van der Waals surface area contributed by atoms with Gasteiger partial charge in [-0.05, 0) is 54.6 Å². The lowest BCUT2D eigenvalue weighted by atomic mass is 9.98. The van der Waals surface area contributed by atoms with Gasteiger partial charge in [-0.2, -0.15) is 4.99 Å². The van der Waals surface area contributed by atoms with Crippen molar-refractivity contribution in [2.45, 2.75) is 5.54 Å². The van der Waals surface area contributed by atoms with Gasteiger partial charge >= 0.3 is 0 Å². The normalized spacial score (nSPS) is 25.8. The zero-order valence-corrected chi connectivity index (χ0v) is 20.8. The van der Waals surface area contributed by atoms with Gasteiger partial charge in [0.2, 0.25) is 0 Å². The monoisotopic (exact) mass is 491 g/mol. The van der Waals surface area contributed by atoms with E-state index < -0.39 is 0 Å². The van der Waals surface area contributed by atoms with Gasteiger partial charge in [0, 0.05) is 84.2 Å². The molecule has 8 N–H and O–H groups in total. The molecule has 0 radical (unpaired) electrons. The number of anilines is 1. The Morgan fingerprint density at radius 1 is 0.818 bits per heavy atom. The summed E-state index contributed by atoms with van der Waals surface area (Å²) in [4.78, 5) is 3.99. The molecule has 1 aromatic rings. The first-order valence-corrected chi connectivity index (χ1v) is 12.5. The third kappa shape index (κ3) is 9.70. The maximum atomic E-state index is 5.71. The van der Waals surface area contributed by atoms with Crippen LogP contribution in [0.5, 0.6) is 0 Å². The second-order valence-electron chi connectivity index (χ2n) is 8.62. The molecule has 9 nitrogen and oxygen atoms in total. The summed E-state index contributed by atoms with van der Waals surface area (Å²) in [6.45, 7) is 10.9. The minimum Gasteiger partial charge on any atom is -0.353 e. The van der Waals surface area contributed by atoms with Crippen LogP contribution in [0.15, 0.2) is 29.3 Å². The van der Waals surface area contributed by atoms with E-state index in [4.69, 9.17) is 12.2 Å². The number of nitrogens with one attached hydrogen (secondary N) is 8. The second-order valence-corrected chi connectivity index (χ2v) is 9.21. The van der Waals surface area contributed by atoms with Crippen LogP contribution in [0.2, 0.25) is 0 Å². The quantitative estimate of drug-likeness (QED) is 0.211. The standard InChI is InChI=1S/C22H37N9S2/c32-17-29-19-1-3-20(4-2-19)30-21(33)31-22-14-26-8-5-23-11-18(12-24-6-9-27-15-22)13-25-7-10-28-16-22/h1-4,18,23-28H,5-16H2,(H2,30,31,33). The van der Waals surface area contributed by atoms with Crippen molar-refractivity contribution in [1.29, 1.82) is 0 Å². The number of isothiocyanates is 1. The van der Waals surface area contributed by atoms with E-state index in [0.717, 1.165) is 89.9 Å². The van der Waals surface area contributed by atoms with Crippen molar-refractivity contribution < 1.29 is 0 Å². The van der Waals surface area contributed by atoms with Gasteiger partial charge in [-0.15, -0.1) is 0 Å². The Morgan fingerprint density at radius 2 is 1.30 bits per heavy atom. The molecule has 4 rings (SSSR count). The number of nitrogens with zero attached hydrogens (tertiary/aromatic N) is 1. The van der Waals surface area contributed by atoms with Gasteiger partial charge < -0.3 is 42.5 Å². The van der Waals surface area contributed by atoms with E-state index in [0.29, 0.717) is 11.0 Å². The fraction of sp³-hybridized carbons (Fsp3) is 0.636. The number of rotatable bonds is 3. The molecule has 0 spiro atoms. The van der Waals surface area contributed by atoms with Crippen molar-refractivity contribution in [3.63, 3.8) is 0 Å². The lowest BCUT2D eigenvalue weighted by molar-refractivity contribution is 0.310. The summed E-state index contributed by atoms with van der Waals surface area (Å²) < 4.78 is 0. The van der Waals surface area contributed by atoms with Crippen LogP contribution in [-0.4, -0.2) is 94.3 Å². The van der Waals surface area contributed by atoms with Gasteiger partial charge in [0.1, 0.15) is 0 Å². The topological polar surface area (TPSA) is 109 Å². The Hall–Kier alpha value is -1.53. The predicted molar refractivity (Wildman–Crippen MR) is 144 cm³/mol. The summed E-state index contributed by atoms with van der Waals surface area (Å²) in [6.07, 6.45) is 0. The van der Waals surface area contributed by atoms with Gasteiger partial charge in [-0.1, -0.05) is 0 Å². The SMILES string of the molecule is S=C=Nc1ccc(NC(=S)NC23CNCCNCC(CNCCNC2)CNCCNC3)cc1. The van der Waals surface area contributed by atoms with Crippen LogP contribution in [0, 0.1) is 5.92 Å². The van der Waals surface area contributed by atoms with Crippen molar-refractivity contribution in [3.8, 4) is 0 Å². The number of hydrogen-bond donors (Lipinski definition) is 8. The molecule has 3 fully saturated rings. The fourth-order valence-electron chi connectivity index (χ4n) is 4.04. The van der Waals surface area contributed by atoms with E-state index in [1.54, 1.807) is 0 Å². The smallest absolute Gasteiger partial charge is 0.171 e. The minimum absolute atomic E-state index is 0.289. The molecule has 3 aliphatic rings. The van der Waals surface area contributed by atoms with E-state index >= 15 is 0 Å². The first-order chi connectivity index (χ1) is 16.2. The van der Waals surface area contributed by atoms with E-state index in [1.165, 1.54) is 0 Å². The number of benzene rings is 1. The molecular formula is C22H37N9S2. The molecule has 0 unspecified atom stereocenters. The first-order valence-electron chi connectivity index (χ1n) is 11.7. The van der Waals surface area contributed by atoms with E-state index in [9.17, 15) is 0 Å². The Morgan fingerprint density at radius 3 is 1.79 bits per heavy atom. The highest BCUT2D eigenvalue weighted by Crippen LogP contribution is 2.16. The summed E-state index contributed by atoms with van der Waals surface area (Å²) in [7, 11) is 0. The van der Waals surface area contributed by atoms with Crippen LogP contribution in [0.1, 0.15) is 0 Å². The van der Waals surface area contributed by atoms with E-state index in [-0.39, 0.29) is 5.54 Å². The molecule has 0 atom stereocenters. The van der Waals surface area contributed by atoms with Crippen LogP contribution in [0.4, 0.5) is 11.4 Å². The zero-order chi connectivity index (χ0) is 23.2. The Labute approximate surface area is 207 Å².